The second kappa shape index (κ2) is 8.97. The largest absolute Gasteiger partial charge is 0.391 e. The van der Waals surface area contributed by atoms with E-state index in [2.05, 4.69) is 24.3 Å². The minimum atomic E-state index is -1.55. The van der Waals surface area contributed by atoms with Crippen LogP contribution in [0, 0.1) is 5.41 Å². The predicted octanol–water partition coefficient (Wildman–Crippen LogP) is 6.13. The highest BCUT2D eigenvalue weighted by molar-refractivity contribution is 7.99. The van der Waals surface area contributed by atoms with Gasteiger partial charge in [-0.3, -0.25) is 9.59 Å². The Bertz CT molecular complexity index is 1240. The lowest BCUT2D eigenvalue weighted by atomic mass is 9.67. The van der Waals surface area contributed by atoms with Crippen LogP contribution in [0.1, 0.15) is 38.0 Å². The van der Waals surface area contributed by atoms with Crippen molar-refractivity contribution in [2.75, 3.05) is 5.75 Å². The van der Waals surface area contributed by atoms with Gasteiger partial charge in [0.05, 0.1) is 6.10 Å². The van der Waals surface area contributed by atoms with Gasteiger partial charge in [-0.05, 0) is 22.8 Å². The zero-order valence-corrected chi connectivity index (χ0v) is 18.9. The van der Waals surface area contributed by atoms with E-state index in [0.29, 0.717) is 16.9 Å². The molecule has 1 aliphatic heterocycles. The second-order valence-corrected chi connectivity index (χ2v) is 9.71. The first-order valence-corrected chi connectivity index (χ1v) is 12.1. The summed E-state index contributed by atoms with van der Waals surface area (Å²) in [5.41, 5.74) is 0.445. The zero-order chi connectivity index (χ0) is 22.8. The lowest BCUT2D eigenvalue weighted by Crippen LogP contribution is -2.53. The quantitative estimate of drug-likeness (QED) is 0.292. The van der Waals surface area contributed by atoms with Gasteiger partial charge in [0.2, 0.25) is 0 Å². The maximum Gasteiger partial charge on any atom is 0.179 e. The SMILES string of the molecule is O=C(c1ccccc1)C1(C(=O)c2ccccc2)C[C@H](c2cccc3ccccc23)SC[C@@H]1O. The van der Waals surface area contributed by atoms with Gasteiger partial charge in [0.15, 0.2) is 11.6 Å². The van der Waals surface area contributed by atoms with Crippen LogP contribution in [0.15, 0.2) is 103 Å². The summed E-state index contributed by atoms with van der Waals surface area (Å²) in [5.74, 6) is -0.310. The molecule has 0 unspecified atom stereocenters. The van der Waals surface area contributed by atoms with Crippen molar-refractivity contribution < 1.29 is 14.7 Å². The van der Waals surface area contributed by atoms with Crippen LogP contribution in [0.4, 0.5) is 0 Å². The number of carbonyl (C=O) groups is 2. The summed E-state index contributed by atoms with van der Waals surface area (Å²) in [4.78, 5) is 28.0. The van der Waals surface area contributed by atoms with E-state index in [1.807, 2.05) is 30.3 Å². The minimum absolute atomic E-state index is 0.0974. The highest BCUT2D eigenvalue weighted by Gasteiger charge is 2.55. The Balaban J connectivity index is 1.65. The number of Topliss-reactive ketones (excluding diaryl/α,β-unsaturated/α-hetero) is 2. The molecule has 0 aromatic heterocycles. The fourth-order valence-corrected chi connectivity index (χ4v) is 6.32. The van der Waals surface area contributed by atoms with Crippen molar-refractivity contribution in [3.63, 3.8) is 0 Å². The molecular weight excluding hydrogens is 428 g/mol. The van der Waals surface area contributed by atoms with Crippen molar-refractivity contribution >= 4 is 34.1 Å². The Morgan fingerprint density at radius 1 is 0.727 bits per heavy atom. The van der Waals surface area contributed by atoms with Crippen LogP contribution in [0.25, 0.3) is 10.8 Å². The summed E-state index contributed by atoms with van der Waals surface area (Å²) in [7, 11) is 0. The van der Waals surface area contributed by atoms with Crippen LogP contribution in [0.2, 0.25) is 0 Å². The zero-order valence-electron chi connectivity index (χ0n) is 18.1. The maximum absolute atomic E-state index is 14.0. The molecule has 4 heteroatoms. The van der Waals surface area contributed by atoms with Gasteiger partial charge in [0.1, 0.15) is 5.41 Å². The summed E-state index contributed by atoms with van der Waals surface area (Å²) in [6, 6.07) is 32.1. The van der Waals surface area contributed by atoms with E-state index in [0.717, 1.165) is 16.3 Å². The molecule has 0 amide bonds. The summed E-state index contributed by atoms with van der Waals surface area (Å²) < 4.78 is 0. The molecule has 0 radical (unpaired) electrons. The van der Waals surface area contributed by atoms with Crippen molar-refractivity contribution in [1.82, 2.24) is 0 Å². The molecule has 1 aliphatic rings. The van der Waals surface area contributed by atoms with Gasteiger partial charge in [-0.15, -0.1) is 0 Å². The van der Waals surface area contributed by atoms with E-state index in [1.54, 1.807) is 60.3 Å². The molecule has 33 heavy (non-hydrogen) atoms. The number of hydrogen-bond acceptors (Lipinski definition) is 4. The van der Waals surface area contributed by atoms with Crippen molar-refractivity contribution in [3.8, 4) is 0 Å². The molecule has 1 saturated heterocycles. The van der Waals surface area contributed by atoms with Gasteiger partial charge >= 0.3 is 0 Å². The number of hydrogen-bond donors (Lipinski definition) is 1. The lowest BCUT2D eigenvalue weighted by Gasteiger charge is -2.42. The summed E-state index contributed by atoms with van der Waals surface area (Å²) in [6.45, 7) is 0. The molecule has 4 aromatic carbocycles. The third-order valence-corrected chi connectivity index (χ3v) is 7.92. The Labute approximate surface area is 197 Å². The molecule has 1 N–H and O–H groups in total. The van der Waals surface area contributed by atoms with Crippen LogP contribution in [0.5, 0.6) is 0 Å². The van der Waals surface area contributed by atoms with E-state index < -0.39 is 11.5 Å². The normalized spacial score (nSPS) is 19.8. The minimum Gasteiger partial charge on any atom is -0.391 e. The highest BCUT2D eigenvalue weighted by Crippen LogP contribution is 2.51. The molecule has 0 saturated carbocycles. The van der Waals surface area contributed by atoms with Crippen LogP contribution >= 0.6 is 11.8 Å². The van der Waals surface area contributed by atoms with Crippen molar-refractivity contribution in [2.45, 2.75) is 17.8 Å². The Hall–Kier alpha value is -3.21. The van der Waals surface area contributed by atoms with Crippen LogP contribution < -0.4 is 0 Å². The Morgan fingerprint density at radius 2 is 1.27 bits per heavy atom. The fourth-order valence-electron chi connectivity index (χ4n) is 4.85. The summed E-state index contributed by atoms with van der Waals surface area (Å²) in [6.07, 6.45) is -0.831. The van der Waals surface area contributed by atoms with Gasteiger partial charge in [-0.1, -0.05) is 103 Å². The van der Waals surface area contributed by atoms with E-state index in [-0.39, 0.29) is 23.2 Å². The fraction of sp³-hybridized carbons (Fsp3) is 0.172. The van der Waals surface area contributed by atoms with E-state index >= 15 is 0 Å². The average molecular weight is 453 g/mol. The smallest absolute Gasteiger partial charge is 0.179 e. The maximum atomic E-state index is 14.0. The molecule has 0 bridgehead atoms. The van der Waals surface area contributed by atoms with Gasteiger partial charge < -0.3 is 5.11 Å². The first kappa shape index (κ1) is 21.6. The Morgan fingerprint density at radius 3 is 1.91 bits per heavy atom. The third-order valence-electron chi connectivity index (χ3n) is 6.58. The molecule has 4 aromatic rings. The number of aliphatic hydroxyl groups is 1. The number of ketones is 2. The monoisotopic (exact) mass is 452 g/mol. The van der Waals surface area contributed by atoms with Crippen LogP contribution in [-0.4, -0.2) is 28.5 Å². The van der Waals surface area contributed by atoms with Gasteiger partial charge in [-0.2, -0.15) is 11.8 Å². The number of benzene rings is 4. The number of aliphatic hydroxyl groups excluding tert-OH is 1. The van der Waals surface area contributed by atoms with Crippen LogP contribution in [-0.2, 0) is 0 Å². The third kappa shape index (κ3) is 3.79. The molecule has 5 rings (SSSR count). The standard InChI is InChI=1S/C29H24O3S/c30-26-19-33-25(24-17-9-15-20-10-7-8-16-23(20)24)18-29(26,27(31)21-11-3-1-4-12-21)28(32)22-13-5-2-6-14-22/h1-17,25-26,30H,18-19H2/t25-,26+/m1/s1. The summed E-state index contributed by atoms with van der Waals surface area (Å²) in [5, 5.41) is 13.4. The van der Waals surface area contributed by atoms with Gasteiger partial charge in [-0.25, -0.2) is 0 Å². The molecule has 1 fully saturated rings. The average Bonchev–Trinajstić information content (AvgIpc) is 2.89. The van der Waals surface area contributed by atoms with Gasteiger partial charge in [0, 0.05) is 22.1 Å². The first-order valence-electron chi connectivity index (χ1n) is 11.1. The van der Waals surface area contributed by atoms with E-state index in [1.165, 1.54) is 0 Å². The van der Waals surface area contributed by atoms with Crippen molar-refractivity contribution in [1.29, 1.82) is 0 Å². The predicted molar refractivity (Wildman–Crippen MR) is 134 cm³/mol. The first-order chi connectivity index (χ1) is 16.1. The van der Waals surface area contributed by atoms with Crippen LogP contribution in [0.3, 0.4) is 0 Å². The molecule has 3 nitrogen and oxygen atoms in total. The van der Waals surface area contributed by atoms with Gasteiger partial charge in [0.25, 0.3) is 0 Å². The number of fused-ring (bicyclic) bond motifs is 1. The Kier molecular flexibility index (Phi) is 5.88. The molecule has 1 heterocycles. The molecule has 0 aliphatic carbocycles. The molecule has 2 atom stereocenters. The number of rotatable bonds is 5. The molecule has 0 spiro atoms. The number of thioether (sulfide) groups is 1. The number of carbonyl (C=O) groups excluding carboxylic acids is 2. The summed E-state index contributed by atoms with van der Waals surface area (Å²) >= 11 is 1.61. The highest BCUT2D eigenvalue weighted by atomic mass is 32.2. The molecular formula is C29H24O3S. The van der Waals surface area contributed by atoms with Crippen molar-refractivity contribution in [3.05, 3.63) is 120 Å². The van der Waals surface area contributed by atoms with Crippen molar-refractivity contribution in [2.24, 2.45) is 5.41 Å². The lowest BCUT2D eigenvalue weighted by molar-refractivity contribution is 0.0267. The van der Waals surface area contributed by atoms with E-state index in [9.17, 15) is 14.7 Å². The topological polar surface area (TPSA) is 54.4 Å². The molecule has 164 valence electrons. The van der Waals surface area contributed by atoms with E-state index in [4.69, 9.17) is 0 Å². The second-order valence-electron chi connectivity index (χ2n) is 8.47.